The summed E-state index contributed by atoms with van der Waals surface area (Å²) in [5, 5.41) is 10.2. The largest absolute Gasteiger partial charge is 0.393 e. The van der Waals surface area contributed by atoms with Gasteiger partial charge in [0.25, 0.3) is 0 Å². The number of fused-ring (bicyclic) bond motifs is 5. The molecule has 4 aliphatic carbocycles. The maximum Gasteiger partial charge on any atom is 0.0577 e. The molecule has 3 saturated carbocycles. The van der Waals surface area contributed by atoms with Gasteiger partial charge in [-0.05, 0) is 125 Å². The fourth-order valence-corrected chi connectivity index (χ4v) is 8.55. The van der Waals surface area contributed by atoms with Gasteiger partial charge in [0.2, 0.25) is 0 Å². The summed E-state index contributed by atoms with van der Waals surface area (Å²) in [4.78, 5) is 2.34. The first kappa shape index (κ1) is 20.9. The normalized spacial score (nSPS) is 46.5. The van der Waals surface area contributed by atoms with Crippen LogP contribution in [0.2, 0.25) is 0 Å². The van der Waals surface area contributed by atoms with Crippen LogP contribution in [0.4, 0.5) is 0 Å². The zero-order chi connectivity index (χ0) is 20.1. The van der Waals surface area contributed by atoms with Crippen molar-refractivity contribution in [2.75, 3.05) is 20.6 Å². The third kappa shape index (κ3) is 3.41. The van der Waals surface area contributed by atoms with Crippen LogP contribution in [0.5, 0.6) is 0 Å². The Kier molecular flexibility index (Phi) is 5.77. The van der Waals surface area contributed by atoms with E-state index < -0.39 is 0 Å². The van der Waals surface area contributed by atoms with Crippen LogP contribution in [0.3, 0.4) is 0 Å². The second-order valence-corrected chi connectivity index (χ2v) is 11.8. The van der Waals surface area contributed by atoms with Crippen LogP contribution in [-0.4, -0.2) is 36.8 Å². The van der Waals surface area contributed by atoms with E-state index in [0.717, 1.165) is 42.4 Å². The minimum absolute atomic E-state index is 0.0800. The molecule has 0 radical (unpaired) electrons. The van der Waals surface area contributed by atoms with Gasteiger partial charge in [-0.25, -0.2) is 0 Å². The molecule has 0 spiro atoms. The zero-order valence-corrected chi connectivity index (χ0v) is 19.2. The average molecular weight is 388 g/mol. The number of rotatable bonds is 5. The fraction of sp³-hybridized carbons (Fsp3) is 0.923. The second kappa shape index (κ2) is 7.73. The third-order valence-electron chi connectivity index (χ3n) is 10.1. The van der Waals surface area contributed by atoms with Crippen LogP contribution in [0.1, 0.15) is 85.0 Å². The predicted octanol–water partition coefficient (Wildman–Crippen LogP) is 5.90. The lowest BCUT2D eigenvalue weighted by Crippen LogP contribution is -2.50. The van der Waals surface area contributed by atoms with Crippen molar-refractivity contribution in [2.45, 2.75) is 91.1 Å². The molecule has 0 aromatic carbocycles. The Morgan fingerprint density at radius 2 is 1.89 bits per heavy atom. The van der Waals surface area contributed by atoms with Gasteiger partial charge < -0.3 is 10.0 Å². The number of aliphatic hydroxyl groups excluding tert-OH is 1. The summed E-state index contributed by atoms with van der Waals surface area (Å²) in [6, 6.07) is 0. The SMILES string of the molecule is C[C@H](CCCN(C)C)C1CC[C@H]2[C@@H]3CC=C4C[C@@H](O)CC[C@]4(C)[C@H]3CC[C@]12C. The Labute approximate surface area is 174 Å². The highest BCUT2D eigenvalue weighted by Gasteiger charge is 2.59. The lowest BCUT2D eigenvalue weighted by Gasteiger charge is -2.58. The predicted molar refractivity (Wildman–Crippen MR) is 118 cm³/mol. The molecule has 28 heavy (non-hydrogen) atoms. The lowest BCUT2D eigenvalue weighted by molar-refractivity contribution is -0.0573. The van der Waals surface area contributed by atoms with Crippen LogP contribution in [0.15, 0.2) is 11.6 Å². The highest BCUT2D eigenvalue weighted by Crippen LogP contribution is 2.67. The van der Waals surface area contributed by atoms with Gasteiger partial charge in [0, 0.05) is 0 Å². The van der Waals surface area contributed by atoms with Crippen LogP contribution in [0, 0.1) is 40.4 Å². The molecule has 1 unspecified atom stereocenters. The Balaban J connectivity index is 1.49. The summed E-state index contributed by atoms with van der Waals surface area (Å²) < 4.78 is 0. The Bertz CT molecular complexity index is 597. The molecule has 0 aromatic heterocycles. The molecule has 0 saturated heterocycles. The third-order valence-corrected chi connectivity index (χ3v) is 10.1. The number of allylic oxidation sites excluding steroid dienone is 1. The summed E-state index contributed by atoms with van der Waals surface area (Å²) in [7, 11) is 4.41. The van der Waals surface area contributed by atoms with Crippen LogP contribution >= 0.6 is 0 Å². The lowest BCUT2D eigenvalue weighted by atomic mass is 9.47. The molecule has 2 nitrogen and oxygen atoms in total. The van der Waals surface area contributed by atoms with Crippen molar-refractivity contribution in [3.8, 4) is 0 Å². The molecular formula is C26H45NO. The van der Waals surface area contributed by atoms with Gasteiger partial charge in [-0.15, -0.1) is 0 Å². The molecule has 1 N–H and O–H groups in total. The van der Waals surface area contributed by atoms with Gasteiger partial charge in [-0.3, -0.25) is 0 Å². The van der Waals surface area contributed by atoms with E-state index in [0.29, 0.717) is 10.8 Å². The van der Waals surface area contributed by atoms with Gasteiger partial charge in [-0.2, -0.15) is 0 Å². The van der Waals surface area contributed by atoms with E-state index >= 15 is 0 Å². The van der Waals surface area contributed by atoms with Crippen molar-refractivity contribution in [3.63, 3.8) is 0 Å². The topological polar surface area (TPSA) is 23.5 Å². The second-order valence-electron chi connectivity index (χ2n) is 11.8. The molecule has 0 amide bonds. The van der Waals surface area contributed by atoms with E-state index in [-0.39, 0.29) is 6.10 Å². The van der Waals surface area contributed by atoms with Crippen molar-refractivity contribution in [1.29, 1.82) is 0 Å². The maximum absolute atomic E-state index is 10.2. The Hall–Kier alpha value is -0.340. The standard InChI is InChI=1S/C26H45NO/c1-18(7-6-16-27(4)5)22-10-11-23-21-9-8-19-17-20(28)12-14-25(19,2)24(21)13-15-26(22,23)3/h8,18,20-24,28H,6-7,9-17H2,1-5H3/t18-,20+,21+,22?,23+,24+,25+,26-/m1/s1. The van der Waals surface area contributed by atoms with Crippen molar-refractivity contribution in [3.05, 3.63) is 11.6 Å². The number of hydrogen-bond donors (Lipinski definition) is 1. The molecular weight excluding hydrogens is 342 g/mol. The molecule has 0 heterocycles. The summed E-state index contributed by atoms with van der Waals surface area (Å²) in [6.45, 7) is 9.03. The minimum Gasteiger partial charge on any atom is -0.393 e. The number of nitrogens with zero attached hydrogens (tertiary/aromatic N) is 1. The first-order valence-corrected chi connectivity index (χ1v) is 12.3. The van der Waals surface area contributed by atoms with E-state index in [2.05, 4.69) is 45.8 Å². The summed E-state index contributed by atoms with van der Waals surface area (Å²) in [5.74, 6) is 4.53. The van der Waals surface area contributed by atoms with Crippen LogP contribution < -0.4 is 0 Å². The average Bonchev–Trinajstić information content (AvgIpc) is 2.99. The molecule has 0 bridgehead atoms. The molecule has 0 aliphatic heterocycles. The molecule has 2 heteroatoms. The highest BCUT2D eigenvalue weighted by molar-refractivity contribution is 5.25. The first-order valence-electron chi connectivity index (χ1n) is 12.3. The zero-order valence-electron chi connectivity index (χ0n) is 19.2. The van der Waals surface area contributed by atoms with Crippen LogP contribution in [-0.2, 0) is 0 Å². The maximum atomic E-state index is 10.2. The van der Waals surface area contributed by atoms with Crippen molar-refractivity contribution < 1.29 is 5.11 Å². The highest BCUT2D eigenvalue weighted by atomic mass is 16.3. The Morgan fingerprint density at radius 1 is 1.11 bits per heavy atom. The molecule has 160 valence electrons. The van der Waals surface area contributed by atoms with E-state index in [1.54, 1.807) is 5.57 Å². The molecule has 4 aliphatic rings. The van der Waals surface area contributed by atoms with E-state index in [9.17, 15) is 5.11 Å². The van der Waals surface area contributed by atoms with Gasteiger partial charge in [0.15, 0.2) is 0 Å². The molecule has 4 rings (SSSR count). The number of aliphatic hydroxyl groups is 1. The molecule has 3 fully saturated rings. The summed E-state index contributed by atoms with van der Waals surface area (Å²) in [6.07, 6.45) is 15.6. The molecule has 8 atom stereocenters. The fourth-order valence-electron chi connectivity index (χ4n) is 8.55. The monoisotopic (exact) mass is 387 g/mol. The first-order chi connectivity index (χ1) is 13.3. The van der Waals surface area contributed by atoms with Crippen molar-refractivity contribution in [1.82, 2.24) is 4.90 Å². The quantitative estimate of drug-likeness (QED) is 0.593. The minimum atomic E-state index is -0.0800. The van der Waals surface area contributed by atoms with E-state index in [1.807, 2.05) is 0 Å². The summed E-state index contributed by atoms with van der Waals surface area (Å²) in [5.41, 5.74) is 2.58. The Morgan fingerprint density at radius 3 is 2.64 bits per heavy atom. The van der Waals surface area contributed by atoms with Crippen LogP contribution in [0.25, 0.3) is 0 Å². The van der Waals surface area contributed by atoms with Gasteiger partial charge in [0.05, 0.1) is 6.10 Å². The summed E-state index contributed by atoms with van der Waals surface area (Å²) >= 11 is 0. The van der Waals surface area contributed by atoms with Crippen molar-refractivity contribution >= 4 is 0 Å². The van der Waals surface area contributed by atoms with Gasteiger partial charge in [-0.1, -0.05) is 32.4 Å². The van der Waals surface area contributed by atoms with E-state index in [1.165, 1.54) is 57.9 Å². The smallest absolute Gasteiger partial charge is 0.0577 e. The number of hydrogen-bond acceptors (Lipinski definition) is 2. The van der Waals surface area contributed by atoms with Gasteiger partial charge in [0.1, 0.15) is 0 Å². The van der Waals surface area contributed by atoms with Crippen molar-refractivity contribution in [2.24, 2.45) is 40.4 Å². The molecule has 0 aromatic rings. The van der Waals surface area contributed by atoms with E-state index in [4.69, 9.17) is 0 Å². The van der Waals surface area contributed by atoms with Gasteiger partial charge >= 0.3 is 0 Å².